The summed E-state index contributed by atoms with van der Waals surface area (Å²) in [4.78, 5) is 45.3. The van der Waals surface area contributed by atoms with Crippen LogP contribution in [0.5, 0.6) is 11.5 Å². The molecule has 0 radical (unpaired) electrons. The highest BCUT2D eigenvalue weighted by atomic mass is 35.5. The lowest BCUT2D eigenvalue weighted by Crippen LogP contribution is -2.52. The van der Waals surface area contributed by atoms with Gasteiger partial charge in [0.15, 0.2) is 36.5 Å². The lowest BCUT2D eigenvalue weighted by atomic mass is 9.86. The number of hydrogen-bond acceptors (Lipinski definition) is 10. The number of halogens is 5. The normalized spacial score (nSPS) is 19.5. The lowest BCUT2D eigenvalue weighted by Gasteiger charge is -2.44. The van der Waals surface area contributed by atoms with Crippen LogP contribution >= 0.6 is 23.2 Å². The van der Waals surface area contributed by atoms with Crippen molar-refractivity contribution in [3.8, 4) is 11.5 Å². The summed E-state index contributed by atoms with van der Waals surface area (Å²) in [7, 11) is 0. The summed E-state index contributed by atoms with van der Waals surface area (Å²) in [5.74, 6) is -2.70. The monoisotopic (exact) mass is 842 g/mol. The van der Waals surface area contributed by atoms with E-state index in [1.807, 2.05) is 0 Å². The third-order valence-corrected chi connectivity index (χ3v) is 11.1. The van der Waals surface area contributed by atoms with Gasteiger partial charge in [-0.1, -0.05) is 53.5 Å². The molecule has 0 amide bonds. The number of carbonyl (C=O) groups is 3. The molecule has 1 aliphatic carbocycles. The molecule has 4 heterocycles. The van der Waals surface area contributed by atoms with Gasteiger partial charge >= 0.3 is 24.5 Å². The van der Waals surface area contributed by atoms with Crippen LogP contribution in [-0.4, -0.2) is 68.4 Å². The Hall–Kier alpha value is -5.05. The molecule has 2 N–H and O–H groups in total. The Balaban J connectivity index is 1.04. The summed E-state index contributed by atoms with van der Waals surface area (Å²) < 4.78 is 69.2. The number of hydrogen-bond donors (Lipinski definition) is 1. The van der Waals surface area contributed by atoms with E-state index in [2.05, 4.69) is 19.9 Å². The Morgan fingerprint density at radius 1 is 0.914 bits per heavy atom. The molecule has 11 nitrogen and oxygen atoms in total. The summed E-state index contributed by atoms with van der Waals surface area (Å²) in [6.07, 6.45) is 5.30. The van der Waals surface area contributed by atoms with Crippen LogP contribution in [0.25, 0.3) is 0 Å². The van der Waals surface area contributed by atoms with Crippen molar-refractivity contribution < 1.29 is 56.2 Å². The fraction of sp³-hybridized carbons (Fsp3) is 0.381. The smallest absolute Gasteiger partial charge is 0.387 e. The van der Waals surface area contributed by atoms with E-state index in [1.165, 1.54) is 60.9 Å². The van der Waals surface area contributed by atoms with Gasteiger partial charge < -0.3 is 29.0 Å². The topological polar surface area (TPSA) is 127 Å². The third kappa shape index (κ3) is 10.5. The number of benzene rings is 3. The van der Waals surface area contributed by atoms with E-state index in [4.69, 9.17) is 42.1 Å². The average molecular weight is 844 g/mol. The largest absolute Gasteiger partial charge is 0.489 e. The number of esters is 3. The van der Waals surface area contributed by atoms with Gasteiger partial charge in [-0.05, 0) is 92.6 Å². The van der Waals surface area contributed by atoms with Crippen LogP contribution < -0.4 is 19.8 Å². The number of ether oxygens (including phenoxy) is 5. The fourth-order valence-electron chi connectivity index (χ4n) is 7.15. The number of nitrogens with one attached hydrogen (secondary N) is 2. The average Bonchev–Trinajstić information content (AvgIpc) is 4.05. The Morgan fingerprint density at radius 2 is 1.67 bits per heavy atom. The molecule has 1 unspecified atom stereocenters. The zero-order chi connectivity index (χ0) is 40.8. The predicted octanol–water partition coefficient (Wildman–Crippen LogP) is 7.81. The van der Waals surface area contributed by atoms with Crippen molar-refractivity contribution in [2.45, 2.75) is 57.0 Å². The molecular weight excluding hydrogens is 802 g/mol. The van der Waals surface area contributed by atoms with Crippen molar-refractivity contribution in [2.75, 3.05) is 38.2 Å². The van der Waals surface area contributed by atoms with Crippen LogP contribution in [0.15, 0.2) is 79.1 Å². The van der Waals surface area contributed by atoms with Crippen LogP contribution in [0.4, 0.5) is 18.9 Å². The van der Waals surface area contributed by atoms with Gasteiger partial charge in [0.25, 0.3) is 0 Å². The maximum atomic E-state index is 15.1. The number of rotatable bonds is 17. The van der Waals surface area contributed by atoms with Gasteiger partial charge in [0.1, 0.15) is 28.1 Å². The quantitative estimate of drug-likeness (QED) is 0.0831. The number of carbonyl (C=O) groups excluding carboxylic acids is 3. The third-order valence-electron chi connectivity index (χ3n) is 10.4. The minimum atomic E-state index is -3.10. The first kappa shape index (κ1) is 41.1. The number of aromatic nitrogens is 1. The minimum Gasteiger partial charge on any atom is -0.489 e. The summed E-state index contributed by atoms with van der Waals surface area (Å²) in [6.45, 7) is -1.08. The van der Waals surface area contributed by atoms with Gasteiger partial charge in [-0.3, -0.25) is 4.90 Å². The van der Waals surface area contributed by atoms with E-state index in [1.54, 1.807) is 18.2 Å². The van der Waals surface area contributed by atoms with Gasteiger partial charge in [-0.25, -0.2) is 23.8 Å². The van der Waals surface area contributed by atoms with Crippen LogP contribution in [-0.2, 0) is 30.2 Å². The van der Waals surface area contributed by atoms with Gasteiger partial charge in [-0.2, -0.15) is 8.78 Å². The number of anilines is 1. The van der Waals surface area contributed by atoms with E-state index < -0.39 is 49.1 Å². The zero-order valence-electron chi connectivity index (χ0n) is 31.1. The van der Waals surface area contributed by atoms with Crippen LogP contribution in [0.2, 0.25) is 10.0 Å². The summed E-state index contributed by atoms with van der Waals surface area (Å²) in [5.41, 5.74) is 1.17. The second kappa shape index (κ2) is 18.7. The fourth-order valence-corrected chi connectivity index (χ4v) is 7.68. The molecule has 2 bridgehead atoms. The summed E-state index contributed by atoms with van der Waals surface area (Å²) >= 11 is 12.9. The van der Waals surface area contributed by atoms with Crippen molar-refractivity contribution in [3.05, 3.63) is 117 Å². The first-order valence-corrected chi connectivity index (χ1v) is 19.7. The van der Waals surface area contributed by atoms with Crippen molar-refractivity contribution in [1.82, 2.24) is 4.90 Å². The molecular formula is C42H41Cl2F3N3O8+. The molecule has 16 heteroatoms. The second-order valence-electron chi connectivity index (χ2n) is 14.5. The zero-order valence-corrected chi connectivity index (χ0v) is 32.7. The van der Waals surface area contributed by atoms with E-state index in [0.29, 0.717) is 35.9 Å². The Kier molecular flexibility index (Phi) is 13.2. The molecule has 58 heavy (non-hydrogen) atoms. The highest BCUT2D eigenvalue weighted by Crippen LogP contribution is 2.38. The molecule has 0 spiro atoms. The minimum absolute atomic E-state index is 0.0264. The highest BCUT2D eigenvalue weighted by molar-refractivity contribution is 6.35. The molecule has 4 aliphatic rings. The van der Waals surface area contributed by atoms with E-state index in [-0.39, 0.29) is 51.1 Å². The maximum Gasteiger partial charge on any atom is 0.387 e. The van der Waals surface area contributed by atoms with Crippen molar-refractivity contribution in [2.24, 2.45) is 11.8 Å². The number of alkyl halides is 2. The van der Waals surface area contributed by atoms with Gasteiger partial charge in [0, 0.05) is 29.8 Å². The number of piperidine rings is 3. The predicted molar refractivity (Wildman–Crippen MR) is 205 cm³/mol. The van der Waals surface area contributed by atoms with Crippen molar-refractivity contribution >= 4 is 46.8 Å². The number of nitrogens with zero attached hydrogens (tertiary/aromatic N) is 1. The molecule has 3 aliphatic heterocycles. The van der Waals surface area contributed by atoms with Gasteiger partial charge in [-0.15, -0.1) is 0 Å². The maximum absolute atomic E-state index is 15.1. The molecule has 1 saturated carbocycles. The van der Waals surface area contributed by atoms with Crippen LogP contribution in [0.3, 0.4) is 0 Å². The molecule has 3 aromatic carbocycles. The first-order chi connectivity index (χ1) is 28.0. The van der Waals surface area contributed by atoms with Gasteiger partial charge in [0.05, 0.1) is 12.2 Å². The van der Waals surface area contributed by atoms with E-state index >= 15 is 4.39 Å². The SMILES string of the molecule is O=C(COC(=O)c1cccc(NC(C(=O)O[C@H]2CN3CCC2CC3)c2ccccc2F)c1)O[C@@H](Cc1c(Cl)c[nH+]cc1Cl)c1ccc(OC(F)F)c(OCC2CC2)c1. The van der Waals surface area contributed by atoms with Crippen molar-refractivity contribution in [3.63, 3.8) is 0 Å². The number of H-pyrrole nitrogens is 1. The van der Waals surface area contributed by atoms with Crippen LogP contribution in [0, 0.1) is 17.7 Å². The van der Waals surface area contributed by atoms with E-state index in [0.717, 1.165) is 38.8 Å². The van der Waals surface area contributed by atoms with Gasteiger partial charge in [0.2, 0.25) is 0 Å². The Bertz CT molecular complexity index is 2100. The van der Waals surface area contributed by atoms with Crippen LogP contribution in [0.1, 0.15) is 64.9 Å². The van der Waals surface area contributed by atoms with Crippen molar-refractivity contribution in [1.29, 1.82) is 0 Å². The molecule has 3 saturated heterocycles. The number of aromatic amines is 1. The Labute approximate surface area is 342 Å². The number of fused-ring (bicyclic) bond motifs is 3. The molecule has 8 rings (SSSR count). The molecule has 1 aromatic heterocycles. The highest BCUT2D eigenvalue weighted by Gasteiger charge is 2.38. The standard InChI is InChI=1S/C42H40Cl2F3N3O8/c43-31-19-48-20-32(44)30(31)18-35(26-10-11-34(58-42(46)47)36(17-26)54-22-24-8-9-24)56-38(51)23-55-40(52)27-4-3-5-28(16-27)49-39(29-6-1-2-7-33(29)45)41(53)57-37-21-50-14-12-25(37)13-15-50/h1-7,10-11,16-17,19-20,24-25,35,37,39,42,49H,8-9,12-15,18,21-23H2/p+1/t35-,37-,39?/m0/s1. The molecule has 3 atom stereocenters. The Morgan fingerprint density at radius 3 is 2.36 bits per heavy atom. The second-order valence-corrected chi connectivity index (χ2v) is 15.3. The summed E-state index contributed by atoms with van der Waals surface area (Å²) in [6, 6.07) is 14.8. The first-order valence-electron chi connectivity index (χ1n) is 19.0. The van der Waals surface area contributed by atoms with E-state index in [9.17, 15) is 23.2 Å². The number of pyridine rings is 1. The molecule has 4 aromatic rings. The molecule has 4 fully saturated rings. The molecule has 306 valence electrons. The summed E-state index contributed by atoms with van der Waals surface area (Å²) in [5, 5.41) is 3.53. The lowest BCUT2D eigenvalue weighted by molar-refractivity contribution is -0.377.